The minimum absolute atomic E-state index is 0.0553. The molecular weight excluding hydrogens is 396 g/mol. The molecule has 2 aromatic heterocycles. The third-order valence-electron chi connectivity index (χ3n) is 6.03. The Hall–Kier alpha value is -2.54. The number of benzene rings is 1. The summed E-state index contributed by atoms with van der Waals surface area (Å²) >= 11 is 1.42. The molecular formula is C23H28N4O2S. The van der Waals surface area contributed by atoms with Crippen LogP contribution >= 0.6 is 11.8 Å². The van der Waals surface area contributed by atoms with Crippen molar-refractivity contribution in [1.82, 2.24) is 20.1 Å². The molecule has 7 heteroatoms. The summed E-state index contributed by atoms with van der Waals surface area (Å²) in [5.41, 5.74) is 1.14. The van der Waals surface area contributed by atoms with Gasteiger partial charge in [-0.15, -0.1) is 10.2 Å². The van der Waals surface area contributed by atoms with Crippen molar-refractivity contribution in [1.29, 1.82) is 0 Å². The smallest absolute Gasteiger partial charge is 0.230 e. The van der Waals surface area contributed by atoms with Crippen LogP contribution in [0.2, 0.25) is 0 Å². The number of amides is 1. The lowest BCUT2D eigenvalue weighted by molar-refractivity contribution is -0.120. The van der Waals surface area contributed by atoms with Gasteiger partial charge in [0.1, 0.15) is 0 Å². The van der Waals surface area contributed by atoms with Crippen LogP contribution in [-0.4, -0.2) is 32.5 Å². The Kier molecular flexibility index (Phi) is 6.57. The molecule has 1 saturated carbocycles. The molecule has 1 aromatic carbocycles. The van der Waals surface area contributed by atoms with E-state index in [-0.39, 0.29) is 11.9 Å². The molecule has 0 aliphatic heterocycles. The number of nitrogens with zero attached hydrogens (tertiary/aromatic N) is 3. The van der Waals surface area contributed by atoms with Gasteiger partial charge in [-0.3, -0.25) is 9.36 Å². The average Bonchev–Trinajstić information content (AvgIpc) is 3.41. The Morgan fingerprint density at radius 2 is 2.00 bits per heavy atom. The van der Waals surface area contributed by atoms with Gasteiger partial charge in [0.25, 0.3) is 0 Å². The average molecular weight is 425 g/mol. The van der Waals surface area contributed by atoms with E-state index in [1.807, 2.05) is 34.9 Å². The number of carbonyl (C=O) groups excluding carboxylic acids is 1. The van der Waals surface area contributed by atoms with Crippen LogP contribution in [0.15, 0.2) is 58.3 Å². The van der Waals surface area contributed by atoms with E-state index in [9.17, 15) is 4.79 Å². The van der Waals surface area contributed by atoms with Crippen molar-refractivity contribution in [3.63, 3.8) is 0 Å². The third kappa shape index (κ3) is 4.78. The lowest BCUT2D eigenvalue weighted by Gasteiger charge is -2.34. The predicted molar refractivity (Wildman–Crippen MR) is 118 cm³/mol. The molecule has 0 bridgehead atoms. The van der Waals surface area contributed by atoms with Crippen LogP contribution in [0.3, 0.4) is 0 Å². The molecule has 1 amide bonds. The molecule has 0 spiro atoms. The van der Waals surface area contributed by atoms with Crippen molar-refractivity contribution in [2.75, 3.05) is 5.75 Å². The summed E-state index contributed by atoms with van der Waals surface area (Å²) in [5.74, 6) is 2.88. The Labute approximate surface area is 181 Å². The monoisotopic (exact) mass is 424 g/mol. The second-order valence-corrected chi connectivity index (χ2v) is 9.03. The number of carbonyl (C=O) groups is 1. The van der Waals surface area contributed by atoms with Gasteiger partial charge < -0.3 is 9.73 Å². The lowest BCUT2D eigenvalue weighted by Crippen LogP contribution is -2.44. The van der Waals surface area contributed by atoms with E-state index < -0.39 is 0 Å². The standard InChI is InChI=1S/C23H28N4O2S/c1-16-8-6-11-19(17(16)2)24-21(28)15-30-23-26-25-22(20-12-7-13-29-20)27(23)14-18-9-4-3-5-10-18/h3-5,7,9-10,12-13,16-17,19H,6,8,11,14-15H2,1-2H3,(H,24,28)/t16-,17+,19+/m0/s1. The van der Waals surface area contributed by atoms with Gasteiger partial charge in [0, 0.05) is 6.04 Å². The fourth-order valence-electron chi connectivity index (χ4n) is 4.06. The Balaban J connectivity index is 1.46. The summed E-state index contributed by atoms with van der Waals surface area (Å²) in [6.07, 6.45) is 5.13. The second kappa shape index (κ2) is 9.51. The van der Waals surface area contributed by atoms with E-state index in [1.54, 1.807) is 6.26 Å². The molecule has 0 unspecified atom stereocenters. The molecule has 4 rings (SSSR count). The zero-order valence-corrected chi connectivity index (χ0v) is 18.3. The van der Waals surface area contributed by atoms with Crippen molar-refractivity contribution in [2.45, 2.75) is 50.9 Å². The molecule has 1 N–H and O–H groups in total. The zero-order valence-electron chi connectivity index (χ0n) is 17.5. The molecule has 158 valence electrons. The first-order chi connectivity index (χ1) is 14.6. The van der Waals surface area contributed by atoms with Gasteiger partial charge >= 0.3 is 0 Å². The van der Waals surface area contributed by atoms with E-state index in [0.717, 1.165) is 12.0 Å². The van der Waals surface area contributed by atoms with Crippen LogP contribution < -0.4 is 5.32 Å². The maximum absolute atomic E-state index is 12.6. The van der Waals surface area contributed by atoms with Crippen molar-refractivity contribution in [3.8, 4) is 11.6 Å². The van der Waals surface area contributed by atoms with Crippen LogP contribution in [0.4, 0.5) is 0 Å². The highest BCUT2D eigenvalue weighted by Crippen LogP contribution is 2.30. The van der Waals surface area contributed by atoms with Crippen molar-refractivity contribution in [2.24, 2.45) is 11.8 Å². The van der Waals surface area contributed by atoms with E-state index in [4.69, 9.17) is 4.42 Å². The SMILES string of the molecule is C[C@@H]1[C@@H](C)CCC[C@H]1NC(=O)CSc1nnc(-c2ccco2)n1Cc1ccccc1. The number of aromatic nitrogens is 3. The van der Waals surface area contributed by atoms with E-state index in [2.05, 4.69) is 41.5 Å². The minimum atomic E-state index is 0.0553. The fourth-order valence-corrected chi connectivity index (χ4v) is 4.81. The van der Waals surface area contributed by atoms with Gasteiger partial charge in [-0.2, -0.15) is 0 Å². The molecule has 30 heavy (non-hydrogen) atoms. The first-order valence-corrected chi connectivity index (χ1v) is 11.5. The highest BCUT2D eigenvalue weighted by molar-refractivity contribution is 7.99. The van der Waals surface area contributed by atoms with Gasteiger partial charge in [0.05, 0.1) is 18.6 Å². The normalized spacial score (nSPS) is 21.5. The predicted octanol–water partition coefficient (Wildman–Crippen LogP) is 4.62. The van der Waals surface area contributed by atoms with Gasteiger partial charge in [-0.1, -0.05) is 68.8 Å². The molecule has 6 nitrogen and oxygen atoms in total. The summed E-state index contributed by atoms with van der Waals surface area (Å²) in [4.78, 5) is 12.6. The first kappa shape index (κ1) is 20.7. The Morgan fingerprint density at radius 1 is 1.17 bits per heavy atom. The molecule has 1 aliphatic carbocycles. The third-order valence-corrected chi connectivity index (χ3v) is 6.99. The van der Waals surface area contributed by atoms with Crippen LogP contribution in [0.1, 0.15) is 38.7 Å². The quantitative estimate of drug-likeness (QED) is 0.560. The van der Waals surface area contributed by atoms with Crippen LogP contribution in [0.25, 0.3) is 11.6 Å². The Bertz CT molecular complexity index is 955. The second-order valence-electron chi connectivity index (χ2n) is 8.09. The number of nitrogens with one attached hydrogen (secondary N) is 1. The Morgan fingerprint density at radius 3 is 2.77 bits per heavy atom. The van der Waals surface area contributed by atoms with Gasteiger partial charge in [-0.05, 0) is 36.0 Å². The molecule has 3 aromatic rings. The molecule has 0 radical (unpaired) electrons. The van der Waals surface area contributed by atoms with Crippen LogP contribution in [-0.2, 0) is 11.3 Å². The van der Waals surface area contributed by atoms with Crippen LogP contribution in [0, 0.1) is 11.8 Å². The molecule has 0 saturated heterocycles. The minimum Gasteiger partial charge on any atom is -0.461 e. The summed E-state index contributed by atoms with van der Waals surface area (Å²) in [6, 6.07) is 14.1. The van der Waals surface area contributed by atoms with Gasteiger partial charge in [0.15, 0.2) is 10.9 Å². The van der Waals surface area contributed by atoms with Crippen LogP contribution in [0.5, 0.6) is 0 Å². The summed E-state index contributed by atoms with van der Waals surface area (Å²) in [7, 11) is 0. The maximum Gasteiger partial charge on any atom is 0.230 e. The number of rotatable bonds is 7. The zero-order chi connectivity index (χ0) is 20.9. The highest BCUT2D eigenvalue weighted by Gasteiger charge is 2.28. The van der Waals surface area contributed by atoms with E-state index >= 15 is 0 Å². The summed E-state index contributed by atoms with van der Waals surface area (Å²) in [5, 5.41) is 12.6. The number of thioether (sulfide) groups is 1. The lowest BCUT2D eigenvalue weighted by atomic mass is 9.78. The first-order valence-electron chi connectivity index (χ1n) is 10.5. The largest absolute Gasteiger partial charge is 0.461 e. The molecule has 1 fully saturated rings. The van der Waals surface area contributed by atoms with E-state index in [0.29, 0.717) is 40.9 Å². The molecule has 3 atom stereocenters. The van der Waals surface area contributed by atoms with Crippen molar-refractivity contribution in [3.05, 3.63) is 54.3 Å². The highest BCUT2D eigenvalue weighted by atomic mass is 32.2. The maximum atomic E-state index is 12.6. The number of furan rings is 1. The number of hydrogen-bond donors (Lipinski definition) is 1. The van der Waals surface area contributed by atoms with Crippen molar-refractivity contribution < 1.29 is 9.21 Å². The number of hydrogen-bond acceptors (Lipinski definition) is 5. The van der Waals surface area contributed by atoms with Gasteiger partial charge in [-0.25, -0.2) is 0 Å². The van der Waals surface area contributed by atoms with Gasteiger partial charge in [0.2, 0.25) is 11.7 Å². The fraction of sp³-hybridized carbons (Fsp3) is 0.435. The van der Waals surface area contributed by atoms with Crippen molar-refractivity contribution >= 4 is 17.7 Å². The summed E-state index contributed by atoms with van der Waals surface area (Å²) < 4.78 is 7.56. The van der Waals surface area contributed by atoms with E-state index in [1.165, 1.54) is 24.6 Å². The summed E-state index contributed by atoms with van der Waals surface area (Å²) in [6.45, 7) is 5.14. The molecule has 2 heterocycles. The molecule has 1 aliphatic rings. The topological polar surface area (TPSA) is 73.0 Å².